The minimum absolute atomic E-state index is 0.0212. The highest BCUT2D eigenvalue weighted by atomic mass is 16.1. The van der Waals surface area contributed by atoms with E-state index in [2.05, 4.69) is 10.2 Å². The van der Waals surface area contributed by atoms with Crippen LogP contribution in [0.25, 0.3) is 0 Å². The van der Waals surface area contributed by atoms with Crippen molar-refractivity contribution in [3.05, 3.63) is 35.4 Å². The lowest BCUT2D eigenvalue weighted by Gasteiger charge is -2.01. The van der Waals surface area contributed by atoms with Crippen molar-refractivity contribution in [3.8, 4) is 0 Å². The van der Waals surface area contributed by atoms with E-state index in [1.54, 1.807) is 28.8 Å². The maximum atomic E-state index is 12.3. The fraction of sp³-hybridized carbons (Fsp3) is 0.417. The zero-order chi connectivity index (χ0) is 12.4. The standard InChI is InChI=1S/C12H16N4O/c1-4-10-6-11(16(5-2)14-10)12(17)9-7-13-15(3)8-9/h6-8H,4-5H2,1-3H3. The van der Waals surface area contributed by atoms with Gasteiger partial charge in [0.1, 0.15) is 5.69 Å². The summed E-state index contributed by atoms with van der Waals surface area (Å²) in [5.74, 6) is -0.0212. The first-order valence-corrected chi connectivity index (χ1v) is 5.75. The molecule has 2 aromatic rings. The minimum atomic E-state index is -0.0212. The molecule has 0 saturated heterocycles. The normalized spacial score (nSPS) is 10.8. The summed E-state index contributed by atoms with van der Waals surface area (Å²) < 4.78 is 3.37. The van der Waals surface area contributed by atoms with Gasteiger partial charge in [0.25, 0.3) is 0 Å². The maximum Gasteiger partial charge on any atom is 0.214 e. The molecular formula is C12H16N4O. The van der Waals surface area contributed by atoms with E-state index in [1.165, 1.54) is 0 Å². The smallest absolute Gasteiger partial charge is 0.214 e. The van der Waals surface area contributed by atoms with E-state index in [1.807, 2.05) is 19.9 Å². The second-order valence-electron chi connectivity index (χ2n) is 3.92. The monoisotopic (exact) mass is 232 g/mol. The third-order valence-electron chi connectivity index (χ3n) is 2.69. The van der Waals surface area contributed by atoms with Crippen molar-refractivity contribution in [2.24, 2.45) is 7.05 Å². The Bertz CT molecular complexity index is 538. The fourth-order valence-electron chi connectivity index (χ4n) is 1.75. The second-order valence-corrected chi connectivity index (χ2v) is 3.92. The first-order chi connectivity index (χ1) is 8.15. The Morgan fingerprint density at radius 2 is 2.18 bits per heavy atom. The van der Waals surface area contributed by atoms with Gasteiger partial charge in [0.15, 0.2) is 0 Å². The average Bonchev–Trinajstić information content (AvgIpc) is 2.93. The van der Waals surface area contributed by atoms with Gasteiger partial charge in [0, 0.05) is 19.8 Å². The summed E-state index contributed by atoms with van der Waals surface area (Å²) in [4.78, 5) is 12.3. The molecule has 2 rings (SSSR count). The van der Waals surface area contributed by atoms with E-state index < -0.39 is 0 Å². The largest absolute Gasteiger partial charge is 0.287 e. The molecule has 0 unspecified atom stereocenters. The molecule has 0 spiro atoms. The van der Waals surface area contributed by atoms with Crippen LogP contribution in [-0.2, 0) is 20.0 Å². The molecule has 0 aliphatic carbocycles. The molecule has 0 N–H and O–H groups in total. The summed E-state index contributed by atoms with van der Waals surface area (Å²) in [6, 6.07) is 1.86. The van der Waals surface area contributed by atoms with Crippen molar-refractivity contribution in [2.75, 3.05) is 0 Å². The summed E-state index contributed by atoms with van der Waals surface area (Å²) >= 11 is 0. The van der Waals surface area contributed by atoms with Crippen LogP contribution in [0.1, 0.15) is 35.6 Å². The van der Waals surface area contributed by atoms with E-state index in [0.29, 0.717) is 17.8 Å². The van der Waals surface area contributed by atoms with Crippen LogP contribution in [0.4, 0.5) is 0 Å². The topological polar surface area (TPSA) is 52.7 Å². The Hall–Kier alpha value is -1.91. The predicted octanol–water partition coefficient (Wildman–Crippen LogP) is 1.43. The zero-order valence-corrected chi connectivity index (χ0v) is 10.3. The van der Waals surface area contributed by atoms with E-state index in [9.17, 15) is 4.79 Å². The van der Waals surface area contributed by atoms with Gasteiger partial charge in [-0.2, -0.15) is 10.2 Å². The van der Waals surface area contributed by atoms with Gasteiger partial charge in [-0.3, -0.25) is 14.2 Å². The van der Waals surface area contributed by atoms with Crippen LogP contribution in [0.3, 0.4) is 0 Å². The van der Waals surface area contributed by atoms with E-state index in [-0.39, 0.29) is 5.78 Å². The van der Waals surface area contributed by atoms with Crippen LogP contribution in [0, 0.1) is 0 Å². The number of aryl methyl sites for hydroxylation is 3. The van der Waals surface area contributed by atoms with E-state index in [0.717, 1.165) is 12.1 Å². The van der Waals surface area contributed by atoms with Gasteiger partial charge in [-0.15, -0.1) is 0 Å². The van der Waals surface area contributed by atoms with E-state index >= 15 is 0 Å². The van der Waals surface area contributed by atoms with Crippen molar-refractivity contribution in [3.63, 3.8) is 0 Å². The number of ketones is 1. The first kappa shape index (κ1) is 11.6. The molecule has 0 radical (unpaired) electrons. The van der Waals surface area contributed by atoms with Gasteiger partial charge < -0.3 is 0 Å². The summed E-state index contributed by atoms with van der Waals surface area (Å²) in [7, 11) is 1.80. The molecule has 90 valence electrons. The Morgan fingerprint density at radius 3 is 2.71 bits per heavy atom. The van der Waals surface area contributed by atoms with Crippen LogP contribution in [0.5, 0.6) is 0 Å². The molecule has 0 aliphatic rings. The number of nitrogens with zero attached hydrogens (tertiary/aromatic N) is 4. The van der Waals surface area contributed by atoms with Crippen molar-refractivity contribution in [1.29, 1.82) is 0 Å². The predicted molar refractivity (Wildman–Crippen MR) is 63.9 cm³/mol. The molecule has 2 aromatic heterocycles. The van der Waals surface area contributed by atoms with Crippen LogP contribution in [0.15, 0.2) is 18.5 Å². The maximum absolute atomic E-state index is 12.3. The van der Waals surface area contributed by atoms with Crippen LogP contribution >= 0.6 is 0 Å². The highest BCUT2D eigenvalue weighted by Gasteiger charge is 2.17. The summed E-state index contributed by atoms with van der Waals surface area (Å²) in [5.41, 5.74) is 2.18. The molecule has 0 aliphatic heterocycles. The number of hydrogen-bond donors (Lipinski definition) is 0. The van der Waals surface area contributed by atoms with Crippen LogP contribution < -0.4 is 0 Å². The number of carbonyl (C=O) groups is 1. The SMILES string of the molecule is CCc1cc(C(=O)c2cnn(C)c2)n(CC)n1. The Balaban J connectivity index is 2.39. The molecule has 0 saturated carbocycles. The Kier molecular flexibility index (Phi) is 3.08. The summed E-state index contributed by atoms with van der Waals surface area (Å²) in [6.45, 7) is 4.70. The van der Waals surface area contributed by atoms with Gasteiger partial charge in [-0.05, 0) is 19.4 Å². The zero-order valence-electron chi connectivity index (χ0n) is 10.3. The molecule has 2 heterocycles. The molecular weight excluding hydrogens is 216 g/mol. The fourth-order valence-corrected chi connectivity index (χ4v) is 1.75. The summed E-state index contributed by atoms with van der Waals surface area (Å²) in [5, 5.41) is 8.38. The minimum Gasteiger partial charge on any atom is -0.287 e. The first-order valence-electron chi connectivity index (χ1n) is 5.75. The van der Waals surface area contributed by atoms with Gasteiger partial charge in [-0.1, -0.05) is 6.92 Å². The molecule has 5 nitrogen and oxygen atoms in total. The Labute approximate surface area is 100 Å². The lowest BCUT2D eigenvalue weighted by molar-refractivity contribution is 0.102. The van der Waals surface area contributed by atoms with Crippen molar-refractivity contribution in [1.82, 2.24) is 19.6 Å². The van der Waals surface area contributed by atoms with E-state index in [4.69, 9.17) is 0 Å². The molecule has 0 atom stereocenters. The molecule has 0 fully saturated rings. The van der Waals surface area contributed by atoms with Gasteiger partial charge in [0.2, 0.25) is 5.78 Å². The molecule has 0 aromatic carbocycles. The average molecular weight is 232 g/mol. The molecule has 5 heteroatoms. The third-order valence-corrected chi connectivity index (χ3v) is 2.69. The highest BCUT2D eigenvalue weighted by Crippen LogP contribution is 2.11. The van der Waals surface area contributed by atoms with Gasteiger partial charge in [0.05, 0.1) is 17.5 Å². The van der Waals surface area contributed by atoms with Crippen molar-refractivity contribution < 1.29 is 4.79 Å². The lowest BCUT2D eigenvalue weighted by Crippen LogP contribution is -2.10. The quantitative estimate of drug-likeness (QED) is 0.749. The van der Waals surface area contributed by atoms with Crippen LogP contribution in [0.2, 0.25) is 0 Å². The molecule has 0 bridgehead atoms. The molecule has 0 amide bonds. The number of rotatable bonds is 4. The van der Waals surface area contributed by atoms with Gasteiger partial charge >= 0.3 is 0 Å². The van der Waals surface area contributed by atoms with Gasteiger partial charge in [-0.25, -0.2) is 0 Å². The molecule has 17 heavy (non-hydrogen) atoms. The third kappa shape index (κ3) is 2.13. The number of hydrogen-bond acceptors (Lipinski definition) is 3. The van der Waals surface area contributed by atoms with Crippen molar-refractivity contribution in [2.45, 2.75) is 26.8 Å². The van der Waals surface area contributed by atoms with Crippen molar-refractivity contribution >= 4 is 5.78 Å². The highest BCUT2D eigenvalue weighted by molar-refractivity contribution is 6.07. The number of carbonyl (C=O) groups excluding carboxylic acids is 1. The number of aromatic nitrogens is 4. The lowest BCUT2D eigenvalue weighted by atomic mass is 10.1. The van der Waals surface area contributed by atoms with Crippen LogP contribution in [-0.4, -0.2) is 25.3 Å². The Morgan fingerprint density at radius 1 is 1.41 bits per heavy atom. The second kappa shape index (κ2) is 4.53. The summed E-state index contributed by atoms with van der Waals surface area (Å²) in [6.07, 6.45) is 4.14.